The Kier molecular flexibility index (Phi) is 4.87. The summed E-state index contributed by atoms with van der Waals surface area (Å²) in [6.07, 6.45) is 9.73. The zero-order valence-electron chi connectivity index (χ0n) is 11.8. The molecular formula is C15H30N2. The fourth-order valence-corrected chi connectivity index (χ4v) is 3.09. The Morgan fingerprint density at radius 3 is 2.65 bits per heavy atom. The van der Waals surface area contributed by atoms with E-state index in [1.807, 2.05) is 0 Å². The number of hydrogen-bond donors (Lipinski definition) is 1. The van der Waals surface area contributed by atoms with Crippen molar-refractivity contribution in [2.45, 2.75) is 64.8 Å². The van der Waals surface area contributed by atoms with Crippen LogP contribution in [0.1, 0.15) is 58.8 Å². The Morgan fingerprint density at radius 2 is 2.00 bits per heavy atom. The minimum Gasteiger partial charge on any atom is -0.313 e. The second kappa shape index (κ2) is 6.19. The topological polar surface area (TPSA) is 15.3 Å². The van der Waals surface area contributed by atoms with Gasteiger partial charge in [0.15, 0.2) is 0 Å². The summed E-state index contributed by atoms with van der Waals surface area (Å²) in [5, 5.41) is 3.85. The number of nitrogens with one attached hydrogen (secondary N) is 1. The molecule has 0 spiro atoms. The van der Waals surface area contributed by atoms with Crippen LogP contribution >= 0.6 is 0 Å². The Hall–Kier alpha value is -0.0800. The molecule has 1 saturated heterocycles. The molecule has 17 heavy (non-hydrogen) atoms. The number of nitrogens with zero attached hydrogens (tertiary/aromatic N) is 1. The first-order valence-corrected chi connectivity index (χ1v) is 7.74. The summed E-state index contributed by atoms with van der Waals surface area (Å²) in [5.41, 5.74) is 0.704. The molecular weight excluding hydrogens is 208 g/mol. The van der Waals surface area contributed by atoms with Gasteiger partial charge in [0.1, 0.15) is 0 Å². The lowest BCUT2D eigenvalue weighted by molar-refractivity contribution is 0.281. The number of likely N-dealkylation sites (tertiary alicyclic amines) is 1. The van der Waals surface area contributed by atoms with E-state index >= 15 is 0 Å². The van der Waals surface area contributed by atoms with Crippen molar-refractivity contribution in [3.05, 3.63) is 0 Å². The van der Waals surface area contributed by atoms with Crippen LogP contribution in [0.2, 0.25) is 0 Å². The van der Waals surface area contributed by atoms with E-state index < -0.39 is 0 Å². The van der Waals surface area contributed by atoms with Gasteiger partial charge in [-0.15, -0.1) is 0 Å². The van der Waals surface area contributed by atoms with Gasteiger partial charge < -0.3 is 10.2 Å². The van der Waals surface area contributed by atoms with E-state index in [4.69, 9.17) is 0 Å². The predicted molar refractivity (Wildman–Crippen MR) is 74.3 cm³/mol. The van der Waals surface area contributed by atoms with Gasteiger partial charge in [0.25, 0.3) is 0 Å². The molecule has 1 aliphatic heterocycles. The highest BCUT2D eigenvalue weighted by molar-refractivity contribution is 4.94. The standard InChI is InChI=1S/C15H30N2/c1-3-10-17-11-5-6-14(7-12-17)16-13-15(4-2)8-9-15/h14,16H,3-13H2,1-2H3. The van der Waals surface area contributed by atoms with Crippen molar-refractivity contribution in [3.8, 4) is 0 Å². The maximum Gasteiger partial charge on any atom is 0.00799 e. The van der Waals surface area contributed by atoms with Crippen molar-refractivity contribution in [2.75, 3.05) is 26.2 Å². The number of hydrogen-bond acceptors (Lipinski definition) is 2. The van der Waals surface area contributed by atoms with Crippen LogP contribution in [0.25, 0.3) is 0 Å². The minimum absolute atomic E-state index is 0.704. The van der Waals surface area contributed by atoms with Gasteiger partial charge in [0.2, 0.25) is 0 Å². The summed E-state index contributed by atoms with van der Waals surface area (Å²) < 4.78 is 0. The molecule has 1 unspecified atom stereocenters. The van der Waals surface area contributed by atoms with E-state index in [0.717, 1.165) is 6.04 Å². The first-order valence-electron chi connectivity index (χ1n) is 7.74. The molecule has 0 aromatic rings. The molecule has 0 aromatic heterocycles. The van der Waals surface area contributed by atoms with Crippen LogP contribution in [-0.2, 0) is 0 Å². The predicted octanol–water partition coefficient (Wildman–Crippen LogP) is 3.03. The third kappa shape index (κ3) is 3.96. The van der Waals surface area contributed by atoms with E-state index in [1.165, 1.54) is 71.1 Å². The molecule has 0 amide bonds. The fourth-order valence-electron chi connectivity index (χ4n) is 3.09. The maximum atomic E-state index is 3.85. The smallest absolute Gasteiger partial charge is 0.00799 e. The summed E-state index contributed by atoms with van der Waals surface area (Å²) in [4.78, 5) is 2.65. The lowest BCUT2D eigenvalue weighted by Crippen LogP contribution is -2.35. The van der Waals surface area contributed by atoms with Crippen molar-refractivity contribution >= 4 is 0 Å². The highest BCUT2D eigenvalue weighted by Crippen LogP contribution is 2.48. The molecule has 2 nitrogen and oxygen atoms in total. The highest BCUT2D eigenvalue weighted by Gasteiger charge is 2.40. The van der Waals surface area contributed by atoms with E-state index in [-0.39, 0.29) is 0 Å². The molecule has 2 aliphatic rings. The normalized spacial score (nSPS) is 28.9. The van der Waals surface area contributed by atoms with E-state index in [2.05, 4.69) is 24.1 Å². The second-order valence-corrected chi connectivity index (χ2v) is 6.20. The van der Waals surface area contributed by atoms with Crippen LogP contribution in [0.5, 0.6) is 0 Å². The van der Waals surface area contributed by atoms with Crippen molar-refractivity contribution in [2.24, 2.45) is 5.41 Å². The summed E-state index contributed by atoms with van der Waals surface area (Å²) in [6, 6.07) is 0.792. The van der Waals surface area contributed by atoms with Crippen molar-refractivity contribution < 1.29 is 0 Å². The first kappa shape index (κ1) is 13.4. The monoisotopic (exact) mass is 238 g/mol. The molecule has 0 bridgehead atoms. The molecule has 1 atom stereocenters. The summed E-state index contributed by atoms with van der Waals surface area (Å²) >= 11 is 0. The van der Waals surface area contributed by atoms with Gasteiger partial charge in [-0.1, -0.05) is 13.8 Å². The minimum atomic E-state index is 0.704. The van der Waals surface area contributed by atoms with Gasteiger partial charge in [-0.2, -0.15) is 0 Å². The molecule has 1 saturated carbocycles. The number of rotatable bonds is 6. The molecule has 1 N–H and O–H groups in total. The van der Waals surface area contributed by atoms with Crippen LogP contribution in [0.15, 0.2) is 0 Å². The Bertz CT molecular complexity index is 223. The molecule has 1 aliphatic carbocycles. The lowest BCUT2D eigenvalue weighted by Gasteiger charge is -2.21. The lowest BCUT2D eigenvalue weighted by atomic mass is 10.0. The Balaban J connectivity index is 1.68. The van der Waals surface area contributed by atoms with E-state index in [0.29, 0.717) is 5.41 Å². The van der Waals surface area contributed by atoms with Crippen LogP contribution in [0.4, 0.5) is 0 Å². The van der Waals surface area contributed by atoms with Crippen LogP contribution < -0.4 is 5.32 Å². The fraction of sp³-hybridized carbons (Fsp3) is 1.00. The molecule has 2 rings (SSSR count). The Labute approximate surface area is 107 Å². The molecule has 2 fully saturated rings. The Morgan fingerprint density at radius 1 is 1.18 bits per heavy atom. The largest absolute Gasteiger partial charge is 0.313 e. The molecule has 100 valence electrons. The van der Waals surface area contributed by atoms with Crippen molar-refractivity contribution in [1.29, 1.82) is 0 Å². The third-order valence-corrected chi connectivity index (χ3v) is 4.83. The van der Waals surface area contributed by atoms with Gasteiger partial charge in [-0.25, -0.2) is 0 Å². The molecule has 2 heteroatoms. The van der Waals surface area contributed by atoms with E-state index in [9.17, 15) is 0 Å². The van der Waals surface area contributed by atoms with Gasteiger partial charge >= 0.3 is 0 Å². The van der Waals surface area contributed by atoms with Gasteiger partial charge in [-0.3, -0.25) is 0 Å². The maximum absolute atomic E-state index is 3.85. The average Bonchev–Trinajstić information content (AvgIpc) is 3.12. The van der Waals surface area contributed by atoms with E-state index in [1.54, 1.807) is 0 Å². The summed E-state index contributed by atoms with van der Waals surface area (Å²) in [5.74, 6) is 0. The summed E-state index contributed by atoms with van der Waals surface area (Å²) in [7, 11) is 0. The van der Waals surface area contributed by atoms with Gasteiger partial charge in [-0.05, 0) is 70.0 Å². The van der Waals surface area contributed by atoms with Crippen LogP contribution in [0, 0.1) is 5.41 Å². The molecule has 1 heterocycles. The zero-order valence-corrected chi connectivity index (χ0v) is 11.8. The highest BCUT2D eigenvalue weighted by atomic mass is 15.1. The SMILES string of the molecule is CCCN1CCCC(NCC2(CC)CC2)CC1. The quantitative estimate of drug-likeness (QED) is 0.765. The zero-order chi connectivity index (χ0) is 12.1. The molecule has 0 radical (unpaired) electrons. The van der Waals surface area contributed by atoms with Gasteiger partial charge in [0, 0.05) is 12.6 Å². The van der Waals surface area contributed by atoms with Crippen LogP contribution in [-0.4, -0.2) is 37.1 Å². The molecule has 0 aromatic carbocycles. The second-order valence-electron chi connectivity index (χ2n) is 6.20. The van der Waals surface area contributed by atoms with Crippen molar-refractivity contribution in [3.63, 3.8) is 0 Å². The van der Waals surface area contributed by atoms with Gasteiger partial charge in [0.05, 0.1) is 0 Å². The summed E-state index contributed by atoms with van der Waals surface area (Å²) in [6.45, 7) is 9.85. The van der Waals surface area contributed by atoms with Crippen LogP contribution in [0.3, 0.4) is 0 Å². The average molecular weight is 238 g/mol. The first-order chi connectivity index (χ1) is 8.28. The van der Waals surface area contributed by atoms with Crippen molar-refractivity contribution in [1.82, 2.24) is 10.2 Å². The third-order valence-electron chi connectivity index (χ3n) is 4.83.